The number of rotatable bonds is 1. The molecule has 0 fully saturated rings. The molecule has 0 aliphatic heterocycles. The van der Waals surface area contributed by atoms with E-state index in [0.29, 0.717) is 16.7 Å². The van der Waals surface area contributed by atoms with Crippen LogP contribution in [0.5, 0.6) is 0 Å². The van der Waals surface area contributed by atoms with Crippen molar-refractivity contribution in [3.8, 4) is 0 Å². The fourth-order valence-electron chi connectivity index (χ4n) is 1.47. The van der Waals surface area contributed by atoms with Crippen LogP contribution in [-0.4, -0.2) is 20.6 Å². The van der Waals surface area contributed by atoms with E-state index in [4.69, 9.17) is 10.8 Å². The first-order chi connectivity index (χ1) is 6.61. The van der Waals surface area contributed by atoms with Crippen LogP contribution in [0.25, 0.3) is 11.0 Å². The highest BCUT2D eigenvalue weighted by Crippen LogP contribution is 2.19. The third-order valence-electron chi connectivity index (χ3n) is 2.04. The number of anilines is 1. The molecule has 0 saturated heterocycles. The van der Waals surface area contributed by atoms with Gasteiger partial charge in [0, 0.05) is 13.2 Å². The van der Waals surface area contributed by atoms with Crippen molar-refractivity contribution in [3.05, 3.63) is 18.2 Å². The summed E-state index contributed by atoms with van der Waals surface area (Å²) in [6.45, 7) is 0. The van der Waals surface area contributed by atoms with Crippen LogP contribution < -0.4 is 10.7 Å². The fourth-order valence-corrected chi connectivity index (χ4v) is 1.47. The second-order valence-electron chi connectivity index (χ2n) is 2.98. The van der Waals surface area contributed by atoms with E-state index in [2.05, 4.69) is 9.97 Å². The summed E-state index contributed by atoms with van der Waals surface area (Å²) in [5, 5.41) is 8.89. The van der Waals surface area contributed by atoms with Gasteiger partial charge < -0.3 is 15.4 Å². The average Bonchev–Trinajstić information content (AvgIpc) is 2.43. The molecule has 4 N–H and O–H groups in total. The maximum absolute atomic E-state index is 10.8. The average molecular weight is 193 g/mol. The highest BCUT2D eigenvalue weighted by Gasteiger charge is 2.21. The molecule has 0 radical (unpaired) electrons. The molecule has 2 heterocycles. The molecule has 0 spiro atoms. The van der Waals surface area contributed by atoms with Crippen LogP contribution in [0.15, 0.2) is 12.5 Å². The summed E-state index contributed by atoms with van der Waals surface area (Å²) in [4.78, 5) is 17.4. The van der Waals surface area contributed by atoms with Crippen LogP contribution in [0, 0.1) is 0 Å². The summed E-state index contributed by atoms with van der Waals surface area (Å²) in [5.41, 5.74) is 7.27. The van der Waals surface area contributed by atoms with Gasteiger partial charge in [-0.2, -0.15) is 0 Å². The molecule has 0 atom stereocenters. The summed E-state index contributed by atoms with van der Waals surface area (Å²) in [6, 6.07) is 0. The number of nitrogen functional groups attached to an aromatic ring is 1. The van der Waals surface area contributed by atoms with Gasteiger partial charge in [0.2, 0.25) is 0 Å². The number of aromatic nitrogens is 3. The SMILES string of the molecule is Cn1cc(N)c2[nH+]cnc(C(=O)O)c21. The number of nitrogens with zero attached hydrogens (tertiary/aromatic N) is 2. The molecule has 0 unspecified atom stereocenters. The number of aryl methyl sites for hydroxylation is 1. The molecule has 0 saturated carbocycles. The van der Waals surface area contributed by atoms with E-state index in [0.717, 1.165) is 0 Å². The number of nitrogens with two attached hydrogens (primary N) is 1. The van der Waals surface area contributed by atoms with Crippen molar-refractivity contribution >= 4 is 22.7 Å². The van der Waals surface area contributed by atoms with Gasteiger partial charge in [0.15, 0.2) is 5.52 Å². The fraction of sp³-hybridized carbons (Fsp3) is 0.125. The zero-order valence-electron chi connectivity index (χ0n) is 7.48. The second kappa shape index (κ2) is 2.69. The molecular formula is C8H9N4O2+. The van der Waals surface area contributed by atoms with E-state index in [-0.39, 0.29) is 5.69 Å². The largest absolute Gasteiger partial charge is 0.475 e. The minimum absolute atomic E-state index is 0.00190. The lowest BCUT2D eigenvalue weighted by Gasteiger charge is -1.93. The lowest BCUT2D eigenvalue weighted by atomic mass is 10.3. The monoisotopic (exact) mass is 193 g/mol. The van der Waals surface area contributed by atoms with E-state index >= 15 is 0 Å². The van der Waals surface area contributed by atoms with Crippen LogP contribution in [0.4, 0.5) is 5.69 Å². The summed E-state index contributed by atoms with van der Waals surface area (Å²) < 4.78 is 1.64. The summed E-state index contributed by atoms with van der Waals surface area (Å²) in [7, 11) is 1.72. The van der Waals surface area contributed by atoms with Gasteiger partial charge in [-0.15, -0.1) is 0 Å². The smallest absolute Gasteiger partial charge is 0.383 e. The predicted molar refractivity (Wildman–Crippen MR) is 48.6 cm³/mol. The van der Waals surface area contributed by atoms with Gasteiger partial charge in [0.05, 0.1) is 5.69 Å². The molecule has 0 aliphatic rings. The van der Waals surface area contributed by atoms with Gasteiger partial charge in [0.25, 0.3) is 12.0 Å². The number of aromatic carboxylic acids is 1. The molecule has 6 nitrogen and oxygen atoms in total. The number of carbonyl (C=O) groups is 1. The van der Waals surface area contributed by atoms with Gasteiger partial charge in [-0.3, -0.25) is 0 Å². The topological polar surface area (TPSA) is 95.3 Å². The Morgan fingerprint density at radius 1 is 1.71 bits per heavy atom. The Hall–Kier alpha value is -2.11. The number of nitrogens with one attached hydrogen (secondary N) is 1. The maximum Gasteiger partial charge on any atom is 0.383 e. The Bertz CT molecular complexity index is 517. The first-order valence-electron chi connectivity index (χ1n) is 3.95. The minimum atomic E-state index is -1.06. The summed E-state index contributed by atoms with van der Waals surface area (Å²) in [5.74, 6) is -1.06. The van der Waals surface area contributed by atoms with E-state index in [1.54, 1.807) is 17.8 Å². The quantitative estimate of drug-likeness (QED) is 0.648. The molecule has 14 heavy (non-hydrogen) atoms. The summed E-state index contributed by atoms with van der Waals surface area (Å²) in [6.07, 6.45) is 2.97. The van der Waals surface area contributed by atoms with E-state index < -0.39 is 5.97 Å². The first-order valence-corrected chi connectivity index (χ1v) is 3.95. The molecule has 0 bridgehead atoms. The predicted octanol–water partition coefficient (Wildman–Crippen LogP) is -0.332. The highest BCUT2D eigenvalue weighted by molar-refractivity contribution is 6.01. The maximum atomic E-state index is 10.8. The zero-order valence-corrected chi connectivity index (χ0v) is 7.48. The molecule has 0 amide bonds. The van der Waals surface area contributed by atoms with Crippen LogP contribution >= 0.6 is 0 Å². The number of aromatic amines is 1. The van der Waals surface area contributed by atoms with Gasteiger partial charge >= 0.3 is 5.97 Å². The normalized spacial score (nSPS) is 10.6. The summed E-state index contributed by atoms with van der Waals surface area (Å²) >= 11 is 0. The van der Waals surface area contributed by atoms with E-state index in [9.17, 15) is 4.79 Å². The molecule has 2 aromatic heterocycles. The first kappa shape index (κ1) is 8.49. The van der Waals surface area contributed by atoms with Crippen LogP contribution in [0.1, 0.15) is 10.5 Å². The Morgan fingerprint density at radius 3 is 3.07 bits per heavy atom. The van der Waals surface area contributed by atoms with Crippen molar-refractivity contribution in [3.63, 3.8) is 0 Å². The van der Waals surface area contributed by atoms with Gasteiger partial charge in [-0.25, -0.2) is 9.78 Å². The van der Waals surface area contributed by atoms with Crippen molar-refractivity contribution in [2.24, 2.45) is 7.05 Å². The van der Waals surface area contributed by atoms with Gasteiger partial charge in [-0.05, 0) is 4.98 Å². The van der Waals surface area contributed by atoms with Crippen molar-refractivity contribution < 1.29 is 14.9 Å². The van der Waals surface area contributed by atoms with Crippen molar-refractivity contribution in [1.82, 2.24) is 9.55 Å². The number of hydrogen-bond donors (Lipinski definition) is 2. The molecule has 0 aromatic carbocycles. The third-order valence-corrected chi connectivity index (χ3v) is 2.04. The Kier molecular flexibility index (Phi) is 1.63. The lowest BCUT2D eigenvalue weighted by Crippen LogP contribution is -2.12. The van der Waals surface area contributed by atoms with Crippen LogP contribution in [-0.2, 0) is 7.05 Å². The van der Waals surface area contributed by atoms with Gasteiger partial charge in [0.1, 0.15) is 5.52 Å². The minimum Gasteiger partial charge on any atom is -0.475 e. The second-order valence-corrected chi connectivity index (χ2v) is 2.98. The van der Waals surface area contributed by atoms with Gasteiger partial charge in [-0.1, -0.05) is 0 Å². The van der Waals surface area contributed by atoms with E-state index in [1.165, 1.54) is 6.33 Å². The van der Waals surface area contributed by atoms with Crippen molar-refractivity contribution in [2.75, 3.05) is 5.73 Å². The molecule has 72 valence electrons. The molecule has 2 rings (SSSR count). The number of hydrogen-bond acceptors (Lipinski definition) is 3. The number of fused-ring (bicyclic) bond motifs is 1. The number of carboxylic acid groups (broad SMARTS) is 1. The van der Waals surface area contributed by atoms with Crippen LogP contribution in [0.2, 0.25) is 0 Å². The van der Waals surface area contributed by atoms with E-state index in [1.807, 2.05) is 0 Å². The Labute approximate surface area is 79.0 Å². The molecular weight excluding hydrogens is 184 g/mol. The van der Waals surface area contributed by atoms with Crippen LogP contribution in [0.3, 0.4) is 0 Å². The lowest BCUT2D eigenvalue weighted by molar-refractivity contribution is -0.349. The molecule has 0 aliphatic carbocycles. The molecule has 2 aromatic rings. The Balaban J connectivity index is 2.92. The number of carboxylic acids is 1. The molecule has 6 heteroatoms. The van der Waals surface area contributed by atoms with Crippen molar-refractivity contribution in [1.29, 1.82) is 0 Å². The Morgan fingerprint density at radius 2 is 2.43 bits per heavy atom. The third kappa shape index (κ3) is 1.00. The number of H-pyrrole nitrogens is 1. The highest BCUT2D eigenvalue weighted by atomic mass is 16.4. The van der Waals surface area contributed by atoms with Crippen molar-refractivity contribution in [2.45, 2.75) is 0 Å². The zero-order chi connectivity index (χ0) is 10.3. The standard InChI is InChI=1S/C8H8N4O2/c1-12-2-4(9)5-7(12)6(8(13)14)11-3-10-5/h2-3H,9H2,1H3,(H,13,14)/p+1.